The fourth-order valence-electron chi connectivity index (χ4n) is 2.03. The molecule has 1 amide bonds. The van der Waals surface area contributed by atoms with Crippen LogP contribution in [0.5, 0.6) is 0 Å². The van der Waals surface area contributed by atoms with Crippen molar-refractivity contribution in [1.29, 1.82) is 0 Å². The number of piperazine rings is 1. The van der Waals surface area contributed by atoms with Crippen molar-refractivity contribution in [3.05, 3.63) is 24.0 Å². The lowest BCUT2D eigenvalue weighted by Gasteiger charge is -2.34. The summed E-state index contributed by atoms with van der Waals surface area (Å²) in [5.41, 5.74) is 6.23. The Morgan fingerprint density at radius 1 is 1.32 bits per heavy atom. The van der Waals surface area contributed by atoms with E-state index in [4.69, 9.17) is 5.73 Å². The number of sulfonamides is 1. The number of primary amides is 1. The molecule has 0 aliphatic carbocycles. The van der Waals surface area contributed by atoms with Crippen molar-refractivity contribution in [1.82, 2.24) is 9.29 Å². The Kier molecular flexibility index (Phi) is 3.72. The third kappa shape index (κ3) is 3.21. The van der Waals surface area contributed by atoms with Gasteiger partial charge in [-0.1, -0.05) is 0 Å². The molecule has 1 saturated heterocycles. The van der Waals surface area contributed by atoms with Gasteiger partial charge in [0.1, 0.15) is 5.69 Å². The summed E-state index contributed by atoms with van der Waals surface area (Å²) in [7, 11) is -3.13. The van der Waals surface area contributed by atoms with Crippen molar-refractivity contribution in [3.8, 4) is 0 Å². The summed E-state index contributed by atoms with van der Waals surface area (Å²) in [5.74, 6) is -0.573. The van der Waals surface area contributed by atoms with Crippen LogP contribution in [0, 0.1) is 0 Å². The third-order valence-corrected chi connectivity index (χ3v) is 4.37. The van der Waals surface area contributed by atoms with Crippen LogP contribution in [0.4, 0.5) is 5.69 Å². The van der Waals surface area contributed by atoms with Crippen LogP contribution in [0.1, 0.15) is 10.5 Å². The molecule has 2 rings (SSSR count). The van der Waals surface area contributed by atoms with Gasteiger partial charge in [0.25, 0.3) is 5.91 Å². The van der Waals surface area contributed by atoms with Crippen molar-refractivity contribution in [2.24, 2.45) is 5.73 Å². The molecule has 7 nitrogen and oxygen atoms in total. The minimum Gasteiger partial charge on any atom is -0.369 e. The number of rotatable bonds is 3. The molecule has 104 valence electrons. The number of carbonyl (C=O) groups excluding carboxylic acids is 1. The highest BCUT2D eigenvalue weighted by atomic mass is 32.2. The van der Waals surface area contributed by atoms with E-state index in [-0.39, 0.29) is 5.69 Å². The summed E-state index contributed by atoms with van der Waals surface area (Å²) in [4.78, 5) is 17.0. The smallest absolute Gasteiger partial charge is 0.267 e. The fourth-order valence-corrected chi connectivity index (χ4v) is 2.86. The van der Waals surface area contributed by atoms with E-state index >= 15 is 0 Å². The molecule has 1 aromatic rings. The number of carbonyl (C=O) groups is 1. The van der Waals surface area contributed by atoms with Gasteiger partial charge >= 0.3 is 0 Å². The lowest BCUT2D eigenvalue weighted by atomic mass is 10.2. The number of anilines is 1. The third-order valence-electron chi connectivity index (χ3n) is 3.07. The number of nitrogens with two attached hydrogens (primary N) is 1. The van der Waals surface area contributed by atoms with Gasteiger partial charge in [-0.3, -0.25) is 9.78 Å². The number of hydrogen-bond donors (Lipinski definition) is 1. The van der Waals surface area contributed by atoms with E-state index in [0.717, 1.165) is 5.69 Å². The van der Waals surface area contributed by atoms with Crippen LogP contribution in [-0.2, 0) is 10.0 Å². The largest absolute Gasteiger partial charge is 0.369 e. The van der Waals surface area contributed by atoms with Crippen LogP contribution in [0.3, 0.4) is 0 Å². The van der Waals surface area contributed by atoms with Crippen molar-refractivity contribution >= 4 is 21.6 Å². The maximum absolute atomic E-state index is 11.4. The van der Waals surface area contributed by atoms with E-state index < -0.39 is 15.9 Å². The van der Waals surface area contributed by atoms with Crippen molar-refractivity contribution in [3.63, 3.8) is 0 Å². The van der Waals surface area contributed by atoms with E-state index in [1.807, 2.05) is 4.90 Å². The maximum Gasteiger partial charge on any atom is 0.267 e. The Morgan fingerprint density at radius 2 is 1.95 bits per heavy atom. The predicted molar refractivity (Wildman–Crippen MR) is 71.4 cm³/mol. The number of hydrogen-bond acceptors (Lipinski definition) is 5. The zero-order valence-corrected chi connectivity index (χ0v) is 11.4. The highest BCUT2D eigenvalue weighted by Gasteiger charge is 2.23. The highest BCUT2D eigenvalue weighted by molar-refractivity contribution is 7.88. The Balaban J connectivity index is 2.10. The molecule has 0 radical (unpaired) electrons. The average Bonchev–Trinajstić information content (AvgIpc) is 2.38. The van der Waals surface area contributed by atoms with Gasteiger partial charge in [-0.2, -0.15) is 4.31 Å². The quantitative estimate of drug-likeness (QED) is 0.788. The molecule has 0 spiro atoms. The number of amides is 1. The number of pyridine rings is 1. The molecule has 1 aromatic heterocycles. The normalized spacial score (nSPS) is 17.4. The summed E-state index contributed by atoms with van der Waals surface area (Å²) >= 11 is 0. The topological polar surface area (TPSA) is 96.6 Å². The molecular formula is C11H16N4O3S. The molecule has 8 heteroatoms. The fraction of sp³-hybridized carbons (Fsp3) is 0.455. The summed E-state index contributed by atoms with van der Waals surface area (Å²) < 4.78 is 24.3. The molecule has 0 aromatic carbocycles. The second kappa shape index (κ2) is 5.14. The first kappa shape index (κ1) is 13.8. The minimum atomic E-state index is -3.13. The Hall–Kier alpha value is -1.67. The first-order valence-corrected chi connectivity index (χ1v) is 7.68. The van der Waals surface area contributed by atoms with Gasteiger partial charge in [0.2, 0.25) is 10.0 Å². The van der Waals surface area contributed by atoms with Gasteiger partial charge in [-0.15, -0.1) is 0 Å². The van der Waals surface area contributed by atoms with E-state index in [2.05, 4.69) is 4.98 Å². The van der Waals surface area contributed by atoms with Crippen LogP contribution < -0.4 is 10.6 Å². The van der Waals surface area contributed by atoms with Gasteiger partial charge in [0.05, 0.1) is 6.26 Å². The number of nitrogens with zero attached hydrogens (tertiary/aromatic N) is 3. The van der Waals surface area contributed by atoms with Gasteiger partial charge in [0.15, 0.2) is 0 Å². The van der Waals surface area contributed by atoms with Crippen molar-refractivity contribution in [2.75, 3.05) is 37.3 Å². The summed E-state index contributed by atoms with van der Waals surface area (Å²) in [6.07, 6.45) is 2.73. The lowest BCUT2D eigenvalue weighted by molar-refractivity contribution is 0.0995. The first-order valence-electron chi connectivity index (χ1n) is 5.84. The van der Waals surface area contributed by atoms with Gasteiger partial charge < -0.3 is 10.6 Å². The van der Waals surface area contributed by atoms with Crippen molar-refractivity contribution < 1.29 is 13.2 Å². The second-order valence-electron chi connectivity index (χ2n) is 4.41. The van der Waals surface area contributed by atoms with Gasteiger partial charge in [0, 0.05) is 38.1 Å². The molecule has 2 heterocycles. The van der Waals surface area contributed by atoms with E-state index in [0.29, 0.717) is 26.2 Å². The summed E-state index contributed by atoms with van der Waals surface area (Å²) in [6, 6.07) is 3.40. The molecule has 0 bridgehead atoms. The molecule has 0 unspecified atom stereocenters. The lowest BCUT2D eigenvalue weighted by Crippen LogP contribution is -2.48. The molecular weight excluding hydrogens is 268 g/mol. The SMILES string of the molecule is CS(=O)(=O)N1CCN(c2ccnc(C(N)=O)c2)CC1. The zero-order chi connectivity index (χ0) is 14.0. The first-order chi connectivity index (χ1) is 8.88. The molecule has 1 fully saturated rings. The van der Waals surface area contributed by atoms with Crippen molar-refractivity contribution in [2.45, 2.75) is 0 Å². The summed E-state index contributed by atoms with van der Waals surface area (Å²) in [6.45, 7) is 2.03. The number of aromatic nitrogens is 1. The van der Waals surface area contributed by atoms with E-state index in [1.165, 1.54) is 16.8 Å². The summed E-state index contributed by atoms with van der Waals surface area (Å²) in [5, 5.41) is 0. The molecule has 0 saturated carbocycles. The van der Waals surface area contributed by atoms with Gasteiger partial charge in [-0.05, 0) is 12.1 Å². The zero-order valence-electron chi connectivity index (χ0n) is 10.6. The van der Waals surface area contributed by atoms with Crippen LogP contribution in [0.15, 0.2) is 18.3 Å². The Morgan fingerprint density at radius 3 is 2.47 bits per heavy atom. The Bertz CT molecular complexity index is 579. The van der Waals surface area contributed by atoms with Crippen LogP contribution >= 0.6 is 0 Å². The maximum atomic E-state index is 11.4. The van der Waals surface area contributed by atoms with E-state index in [9.17, 15) is 13.2 Å². The second-order valence-corrected chi connectivity index (χ2v) is 6.40. The van der Waals surface area contributed by atoms with Crippen LogP contribution in [0.25, 0.3) is 0 Å². The van der Waals surface area contributed by atoms with Crippen LogP contribution in [0.2, 0.25) is 0 Å². The Labute approximate surface area is 112 Å². The monoisotopic (exact) mass is 284 g/mol. The average molecular weight is 284 g/mol. The van der Waals surface area contributed by atoms with Gasteiger partial charge in [-0.25, -0.2) is 8.42 Å². The molecule has 1 aliphatic rings. The molecule has 2 N–H and O–H groups in total. The van der Waals surface area contributed by atoms with E-state index in [1.54, 1.807) is 12.1 Å². The molecule has 1 aliphatic heterocycles. The highest BCUT2D eigenvalue weighted by Crippen LogP contribution is 2.17. The molecule has 19 heavy (non-hydrogen) atoms. The molecule has 0 atom stereocenters. The van der Waals surface area contributed by atoms with Crippen LogP contribution in [-0.4, -0.2) is 56.0 Å². The standard InChI is InChI=1S/C11H16N4O3S/c1-19(17,18)15-6-4-14(5-7-15)9-2-3-13-10(8-9)11(12)16/h2-3,8H,4-7H2,1H3,(H2,12,16). The minimum absolute atomic E-state index is 0.211. The predicted octanol–water partition coefficient (Wildman–Crippen LogP) is -0.738.